The van der Waals surface area contributed by atoms with Gasteiger partial charge in [-0.1, -0.05) is 19.1 Å². The minimum absolute atomic E-state index is 0.0672. The monoisotopic (exact) mass is 374 g/mol. The molecule has 0 N–H and O–H groups in total. The van der Waals surface area contributed by atoms with E-state index in [9.17, 15) is 8.42 Å². The normalized spacial score (nSPS) is 11.7. The van der Waals surface area contributed by atoms with Crippen molar-refractivity contribution >= 4 is 20.9 Å². The quantitative estimate of drug-likeness (QED) is 0.635. The summed E-state index contributed by atoms with van der Waals surface area (Å²) in [6, 6.07) is 13.0. The number of rotatable bonds is 7. The molecule has 1 heterocycles. The van der Waals surface area contributed by atoms with Crippen LogP contribution >= 0.6 is 0 Å². The Balaban J connectivity index is 2.15. The third-order valence-corrected chi connectivity index (χ3v) is 5.94. The van der Waals surface area contributed by atoms with Crippen LogP contribution in [0.4, 0.5) is 0 Å². The van der Waals surface area contributed by atoms with E-state index in [-0.39, 0.29) is 10.9 Å². The highest BCUT2D eigenvalue weighted by Crippen LogP contribution is 2.26. The molecule has 0 aliphatic rings. The van der Waals surface area contributed by atoms with E-state index >= 15 is 0 Å². The number of benzene rings is 2. The van der Waals surface area contributed by atoms with Gasteiger partial charge in [-0.15, -0.1) is 0 Å². The Labute approximate surface area is 153 Å². The SMILES string of the molecule is CCCS(=O)(=O)c1nc2ccccc2n1Cc1cc(OC)cc(OC)c1. The van der Waals surface area contributed by atoms with Crippen molar-refractivity contribution in [3.63, 3.8) is 0 Å². The van der Waals surface area contributed by atoms with Crippen LogP contribution in [0.3, 0.4) is 0 Å². The summed E-state index contributed by atoms with van der Waals surface area (Å²) in [6.45, 7) is 2.20. The van der Waals surface area contributed by atoms with Crippen molar-refractivity contribution in [2.24, 2.45) is 0 Å². The Kier molecular flexibility index (Phi) is 5.18. The van der Waals surface area contributed by atoms with Crippen LogP contribution in [-0.2, 0) is 16.4 Å². The van der Waals surface area contributed by atoms with Crippen LogP contribution in [0.2, 0.25) is 0 Å². The Morgan fingerprint density at radius 2 is 1.69 bits per heavy atom. The Bertz CT molecular complexity index is 1000. The van der Waals surface area contributed by atoms with Gasteiger partial charge in [0.25, 0.3) is 0 Å². The van der Waals surface area contributed by atoms with E-state index in [1.165, 1.54) is 0 Å². The van der Waals surface area contributed by atoms with Crippen LogP contribution in [0.1, 0.15) is 18.9 Å². The lowest BCUT2D eigenvalue weighted by atomic mass is 10.2. The van der Waals surface area contributed by atoms with Gasteiger partial charge in [-0.25, -0.2) is 13.4 Å². The van der Waals surface area contributed by atoms with Crippen molar-refractivity contribution < 1.29 is 17.9 Å². The number of para-hydroxylation sites is 2. The fraction of sp³-hybridized carbons (Fsp3) is 0.316. The zero-order valence-corrected chi connectivity index (χ0v) is 15.9. The molecule has 0 unspecified atom stereocenters. The molecule has 6 nitrogen and oxygen atoms in total. The summed E-state index contributed by atoms with van der Waals surface area (Å²) in [4.78, 5) is 4.40. The zero-order valence-electron chi connectivity index (χ0n) is 15.1. The molecule has 138 valence electrons. The van der Waals surface area contributed by atoms with Gasteiger partial charge in [0.2, 0.25) is 15.0 Å². The molecule has 0 fully saturated rings. The number of fused-ring (bicyclic) bond motifs is 1. The van der Waals surface area contributed by atoms with Crippen molar-refractivity contribution in [3.8, 4) is 11.5 Å². The van der Waals surface area contributed by atoms with Crippen molar-refractivity contribution in [1.82, 2.24) is 9.55 Å². The summed E-state index contributed by atoms with van der Waals surface area (Å²) in [5, 5.41) is 0.0994. The molecule has 0 saturated carbocycles. The van der Waals surface area contributed by atoms with Crippen molar-refractivity contribution in [2.75, 3.05) is 20.0 Å². The predicted octanol–water partition coefficient (Wildman–Crippen LogP) is 3.29. The number of sulfone groups is 1. The first-order valence-electron chi connectivity index (χ1n) is 8.38. The molecule has 0 spiro atoms. The van der Waals surface area contributed by atoms with E-state index in [2.05, 4.69) is 4.98 Å². The Morgan fingerprint density at radius 1 is 1.04 bits per heavy atom. The van der Waals surface area contributed by atoms with Gasteiger partial charge in [-0.05, 0) is 36.2 Å². The summed E-state index contributed by atoms with van der Waals surface area (Å²) in [6.07, 6.45) is 0.540. The third kappa shape index (κ3) is 3.53. The highest BCUT2D eigenvalue weighted by molar-refractivity contribution is 7.91. The lowest BCUT2D eigenvalue weighted by molar-refractivity contribution is 0.393. The van der Waals surface area contributed by atoms with Crippen molar-refractivity contribution in [3.05, 3.63) is 48.0 Å². The van der Waals surface area contributed by atoms with Crippen LogP contribution < -0.4 is 9.47 Å². The molecule has 2 aromatic carbocycles. The molecule has 0 aliphatic heterocycles. The van der Waals surface area contributed by atoms with Gasteiger partial charge < -0.3 is 14.0 Å². The number of methoxy groups -OCH3 is 2. The zero-order chi connectivity index (χ0) is 18.7. The lowest BCUT2D eigenvalue weighted by Gasteiger charge is -2.12. The average Bonchev–Trinajstić information content (AvgIpc) is 3.01. The highest BCUT2D eigenvalue weighted by atomic mass is 32.2. The largest absolute Gasteiger partial charge is 0.497 e. The molecule has 26 heavy (non-hydrogen) atoms. The number of imidazole rings is 1. The first-order valence-corrected chi connectivity index (χ1v) is 10.0. The molecule has 0 bridgehead atoms. The maximum Gasteiger partial charge on any atom is 0.229 e. The number of nitrogens with zero attached hydrogens (tertiary/aromatic N) is 2. The molecule has 1 aromatic heterocycles. The molecule has 0 saturated heterocycles. The summed E-state index contributed by atoms with van der Waals surface area (Å²) < 4.78 is 37.8. The number of hydrogen-bond donors (Lipinski definition) is 0. The smallest absolute Gasteiger partial charge is 0.229 e. The minimum atomic E-state index is -3.46. The van der Waals surface area contributed by atoms with Crippen molar-refractivity contribution in [2.45, 2.75) is 25.0 Å². The highest BCUT2D eigenvalue weighted by Gasteiger charge is 2.23. The second-order valence-corrected chi connectivity index (χ2v) is 8.01. The Morgan fingerprint density at radius 3 is 2.31 bits per heavy atom. The number of ether oxygens (including phenoxy) is 2. The number of aromatic nitrogens is 2. The standard InChI is InChI=1S/C19H22N2O4S/c1-4-9-26(22,23)19-20-17-7-5-6-8-18(17)21(19)13-14-10-15(24-2)12-16(11-14)25-3/h5-8,10-12H,4,9,13H2,1-3H3. The second kappa shape index (κ2) is 7.37. The van der Waals surface area contributed by atoms with E-state index in [1.807, 2.05) is 43.3 Å². The van der Waals surface area contributed by atoms with Crippen LogP contribution in [-0.4, -0.2) is 37.9 Å². The molecule has 0 amide bonds. The lowest BCUT2D eigenvalue weighted by Crippen LogP contribution is -2.14. The van der Waals surface area contributed by atoms with Crippen LogP contribution in [0.5, 0.6) is 11.5 Å². The average molecular weight is 374 g/mol. The van der Waals surface area contributed by atoms with Gasteiger partial charge in [0.1, 0.15) is 11.5 Å². The van der Waals surface area contributed by atoms with Gasteiger partial charge in [0.15, 0.2) is 0 Å². The summed E-state index contributed by atoms with van der Waals surface area (Å²) in [5.41, 5.74) is 2.32. The van der Waals surface area contributed by atoms with E-state index < -0.39 is 9.84 Å². The van der Waals surface area contributed by atoms with Gasteiger partial charge in [-0.3, -0.25) is 0 Å². The molecule has 0 atom stereocenters. The van der Waals surface area contributed by atoms with Crippen LogP contribution in [0, 0.1) is 0 Å². The molecular formula is C19H22N2O4S. The fourth-order valence-corrected chi connectivity index (χ4v) is 4.40. The van der Waals surface area contributed by atoms with E-state index in [0.717, 1.165) is 11.1 Å². The topological polar surface area (TPSA) is 70.4 Å². The Hall–Kier alpha value is -2.54. The molecular weight excluding hydrogens is 352 g/mol. The maximum absolute atomic E-state index is 12.7. The van der Waals surface area contributed by atoms with Gasteiger partial charge in [0.05, 0.1) is 37.6 Å². The molecule has 0 radical (unpaired) electrons. The minimum Gasteiger partial charge on any atom is -0.497 e. The maximum atomic E-state index is 12.7. The van der Waals surface area contributed by atoms with Crippen LogP contribution in [0.15, 0.2) is 47.6 Å². The molecule has 3 rings (SSSR count). The summed E-state index contributed by atoms with van der Waals surface area (Å²) >= 11 is 0. The van der Waals surface area contributed by atoms with Gasteiger partial charge in [-0.2, -0.15) is 0 Å². The van der Waals surface area contributed by atoms with E-state index in [0.29, 0.717) is 30.0 Å². The molecule has 3 aromatic rings. The summed E-state index contributed by atoms with van der Waals surface area (Å²) in [7, 11) is -0.294. The van der Waals surface area contributed by atoms with Crippen LogP contribution in [0.25, 0.3) is 11.0 Å². The van der Waals surface area contributed by atoms with Gasteiger partial charge >= 0.3 is 0 Å². The van der Waals surface area contributed by atoms with E-state index in [1.54, 1.807) is 24.9 Å². The predicted molar refractivity (Wildman–Crippen MR) is 101 cm³/mol. The van der Waals surface area contributed by atoms with E-state index in [4.69, 9.17) is 9.47 Å². The second-order valence-electron chi connectivity index (χ2n) is 6.01. The fourth-order valence-electron chi connectivity index (χ4n) is 2.94. The first kappa shape index (κ1) is 18.3. The van der Waals surface area contributed by atoms with Gasteiger partial charge in [0, 0.05) is 6.07 Å². The number of hydrogen-bond acceptors (Lipinski definition) is 5. The first-order chi connectivity index (χ1) is 12.5. The van der Waals surface area contributed by atoms with Crippen molar-refractivity contribution in [1.29, 1.82) is 0 Å². The molecule has 0 aliphatic carbocycles. The molecule has 7 heteroatoms. The summed E-state index contributed by atoms with van der Waals surface area (Å²) in [5.74, 6) is 1.38. The third-order valence-electron chi connectivity index (χ3n) is 4.12.